The Morgan fingerprint density at radius 1 is 1.43 bits per heavy atom. The number of benzene rings is 1. The van der Waals surface area contributed by atoms with Gasteiger partial charge in [0.25, 0.3) is 0 Å². The van der Waals surface area contributed by atoms with Gasteiger partial charge in [0.2, 0.25) is 5.91 Å². The predicted molar refractivity (Wildman–Crippen MR) is 94.9 cm³/mol. The van der Waals surface area contributed by atoms with Crippen molar-refractivity contribution in [2.45, 2.75) is 19.3 Å². The fraction of sp³-hybridized carbons (Fsp3) is 0.412. The molecule has 1 aromatic carbocycles. The van der Waals surface area contributed by atoms with E-state index in [0.29, 0.717) is 17.4 Å². The maximum Gasteiger partial charge on any atom is 0.226 e. The summed E-state index contributed by atoms with van der Waals surface area (Å²) < 4.78 is 0. The van der Waals surface area contributed by atoms with Crippen LogP contribution in [0.4, 0.5) is 0 Å². The van der Waals surface area contributed by atoms with Crippen molar-refractivity contribution >= 4 is 28.8 Å². The highest BCUT2D eigenvalue weighted by Gasteiger charge is 2.15. The highest BCUT2D eigenvalue weighted by atomic mass is 35.5. The molecule has 0 bridgehead atoms. The Kier molecular flexibility index (Phi) is 5.65. The molecule has 2 aromatic rings. The van der Waals surface area contributed by atoms with Gasteiger partial charge in [-0.25, -0.2) is 4.98 Å². The molecule has 1 fully saturated rings. The summed E-state index contributed by atoms with van der Waals surface area (Å²) in [6.45, 7) is 2.91. The summed E-state index contributed by atoms with van der Waals surface area (Å²) in [5.41, 5.74) is 1.71. The molecular weight excluding hydrogens is 330 g/mol. The minimum Gasteiger partial charge on any atom is -0.356 e. The Bertz CT molecular complexity index is 667. The van der Waals surface area contributed by atoms with Gasteiger partial charge >= 0.3 is 0 Å². The van der Waals surface area contributed by atoms with Crippen LogP contribution >= 0.6 is 22.9 Å². The number of nitrogens with one attached hydrogen (secondary N) is 2. The molecule has 6 heteroatoms. The van der Waals surface area contributed by atoms with Crippen LogP contribution in [0.1, 0.15) is 18.5 Å². The number of halogens is 1. The third kappa shape index (κ3) is 4.53. The Balaban J connectivity index is 1.50. The summed E-state index contributed by atoms with van der Waals surface area (Å²) in [5, 5.41) is 9.80. The smallest absolute Gasteiger partial charge is 0.226 e. The van der Waals surface area contributed by atoms with Crippen molar-refractivity contribution in [3.8, 4) is 10.6 Å². The number of thiazole rings is 1. The van der Waals surface area contributed by atoms with Gasteiger partial charge in [-0.15, -0.1) is 11.3 Å². The summed E-state index contributed by atoms with van der Waals surface area (Å²) in [7, 11) is 0. The average molecular weight is 350 g/mol. The molecule has 0 radical (unpaired) electrons. The van der Waals surface area contributed by atoms with Crippen molar-refractivity contribution in [3.05, 3.63) is 40.4 Å². The fourth-order valence-electron chi connectivity index (χ4n) is 2.75. The molecule has 1 aliphatic rings. The Morgan fingerprint density at radius 3 is 3.09 bits per heavy atom. The first-order chi connectivity index (χ1) is 11.2. The van der Waals surface area contributed by atoms with Crippen molar-refractivity contribution in [2.24, 2.45) is 5.92 Å². The number of aromatic nitrogens is 1. The molecule has 0 spiro atoms. The van der Waals surface area contributed by atoms with E-state index in [1.165, 1.54) is 17.8 Å². The molecule has 4 nitrogen and oxygen atoms in total. The van der Waals surface area contributed by atoms with E-state index < -0.39 is 0 Å². The van der Waals surface area contributed by atoms with Crippen LogP contribution in [0.5, 0.6) is 0 Å². The topological polar surface area (TPSA) is 54.0 Å². The lowest BCUT2D eigenvalue weighted by Crippen LogP contribution is -2.27. The number of carbonyl (C=O) groups is 1. The SMILES string of the molecule is O=C(Cc1csc(-c2ccccc2Cl)n1)NCCC1CCNC1. The maximum atomic E-state index is 12.0. The summed E-state index contributed by atoms with van der Waals surface area (Å²) >= 11 is 7.71. The second-order valence-electron chi connectivity index (χ2n) is 5.80. The van der Waals surface area contributed by atoms with E-state index in [0.717, 1.165) is 42.3 Å². The van der Waals surface area contributed by atoms with Gasteiger partial charge in [-0.05, 0) is 37.9 Å². The van der Waals surface area contributed by atoms with E-state index in [9.17, 15) is 4.79 Å². The fourth-order valence-corrected chi connectivity index (χ4v) is 3.89. The quantitative estimate of drug-likeness (QED) is 0.842. The van der Waals surface area contributed by atoms with Crippen LogP contribution in [0.2, 0.25) is 5.02 Å². The standard InChI is InChI=1S/C17H20ClN3OS/c18-15-4-2-1-3-14(15)17-21-13(11-23-17)9-16(22)20-8-6-12-5-7-19-10-12/h1-4,11-12,19H,5-10H2,(H,20,22). The lowest BCUT2D eigenvalue weighted by atomic mass is 10.1. The van der Waals surface area contributed by atoms with Gasteiger partial charge in [-0.2, -0.15) is 0 Å². The Labute approximate surface area is 145 Å². The molecule has 122 valence electrons. The van der Waals surface area contributed by atoms with Gasteiger partial charge in [0.1, 0.15) is 5.01 Å². The second-order valence-corrected chi connectivity index (χ2v) is 7.06. The number of hydrogen-bond acceptors (Lipinski definition) is 4. The van der Waals surface area contributed by atoms with Crippen LogP contribution in [0.15, 0.2) is 29.6 Å². The minimum absolute atomic E-state index is 0.0342. The van der Waals surface area contributed by atoms with Gasteiger partial charge in [0, 0.05) is 17.5 Å². The third-order valence-electron chi connectivity index (χ3n) is 4.03. The zero-order valence-electron chi connectivity index (χ0n) is 12.8. The predicted octanol–water partition coefficient (Wildman–Crippen LogP) is 3.12. The van der Waals surface area contributed by atoms with Crippen LogP contribution in [-0.2, 0) is 11.2 Å². The molecule has 0 saturated carbocycles. The van der Waals surface area contributed by atoms with Gasteiger partial charge in [0.15, 0.2) is 0 Å². The zero-order valence-corrected chi connectivity index (χ0v) is 14.4. The number of amides is 1. The molecule has 2 heterocycles. The molecular formula is C17H20ClN3OS. The summed E-state index contributed by atoms with van der Waals surface area (Å²) in [6.07, 6.45) is 2.58. The van der Waals surface area contributed by atoms with E-state index >= 15 is 0 Å². The monoisotopic (exact) mass is 349 g/mol. The normalized spacial score (nSPS) is 17.3. The second kappa shape index (κ2) is 7.90. The summed E-state index contributed by atoms with van der Waals surface area (Å²) in [5.74, 6) is 0.730. The molecule has 1 unspecified atom stereocenters. The lowest BCUT2D eigenvalue weighted by Gasteiger charge is -2.08. The van der Waals surface area contributed by atoms with Crippen molar-refractivity contribution in [1.82, 2.24) is 15.6 Å². The highest BCUT2D eigenvalue weighted by Crippen LogP contribution is 2.30. The molecule has 2 N–H and O–H groups in total. The molecule has 3 rings (SSSR count). The van der Waals surface area contributed by atoms with Crippen molar-refractivity contribution in [3.63, 3.8) is 0 Å². The third-order valence-corrected chi connectivity index (χ3v) is 5.29. The van der Waals surface area contributed by atoms with E-state index in [-0.39, 0.29) is 5.91 Å². The number of rotatable bonds is 6. The first kappa shape index (κ1) is 16.4. The number of nitrogens with zero attached hydrogens (tertiary/aromatic N) is 1. The molecule has 1 aliphatic heterocycles. The Morgan fingerprint density at radius 2 is 2.30 bits per heavy atom. The van der Waals surface area contributed by atoms with Gasteiger partial charge in [-0.3, -0.25) is 4.79 Å². The van der Waals surface area contributed by atoms with Gasteiger partial charge in [-0.1, -0.05) is 29.8 Å². The molecule has 0 aliphatic carbocycles. The highest BCUT2D eigenvalue weighted by molar-refractivity contribution is 7.13. The average Bonchev–Trinajstić information content (AvgIpc) is 3.20. The van der Waals surface area contributed by atoms with Crippen LogP contribution in [0, 0.1) is 5.92 Å². The van der Waals surface area contributed by atoms with Gasteiger partial charge in [0.05, 0.1) is 17.1 Å². The number of hydrogen-bond donors (Lipinski definition) is 2. The first-order valence-corrected chi connectivity index (χ1v) is 9.15. The number of carbonyl (C=O) groups excluding carboxylic acids is 1. The largest absolute Gasteiger partial charge is 0.356 e. The lowest BCUT2D eigenvalue weighted by molar-refractivity contribution is -0.120. The van der Waals surface area contributed by atoms with E-state index in [1.807, 2.05) is 29.6 Å². The van der Waals surface area contributed by atoms with Gasteiger partial charge < -0.3 is 10.6 Å². The van der Waals surface area contributed by atoms with Crippen molar-refractivity contribution < 1.29 is 4.79 Å². The minimum atomic E-state index is 0.0342. The summed E-state index contributed by atoms with van der Waals surface area (Å²) in [6, 6.07) is 7.63. The summed E-state index contributed by atoms with van der Waals surface area (Å²) in [4.78, 5) is 16.5. The molecule has 1 aromatic heterocycles. The van der Waals surface area contributed by atoms with Crippen molar-refractivity contribution in [1.29, 1.82) is 0 Å². The van der Waals surface area contributed by atoms with Crippen LogP contribution in [-0.4, -0.2) is 30.5 Å². The molecule has 23 heavy (non-hydrogen) atoms. The maximum absolute atomic E-state index is 12.0. The van der Waals surface area contributed by atoms with E-state index in [2.05, 4.69) is 15.6 Å². The molecule has 1 amide bonds. The van der Waals surface area contributed by atoms with Crippen LogP contribution < -0.4 is 10.6 Å². The van der Waals surface area contributed by atoms with Crippen LogP contribution in [0.25, 0.3) is 10.6 Å². The molecule has 1 atom stereocenters. The first-order valence-electron chi connectivity index (χ1n) is 7.89. The Hall–Kier alpha value is -1.43. The van der Waals surface area contributed by atoms with E-state index in [1.54, 1.807) is 0 Å². The zero-order chi connectivity index (χ0) is 16.1. The van der Waals surface area contributed by atoms with E-state index in [4.69, 9.17) is 11.6 Å². The molecule has 1 saturated heterocycles. The van der Waals surface area contributed by atoms with Crippen LogP contribution in [0.3, 0.4) is 0 Å². The van der Waals surface area contributed by atoms with Crippen molar-refractivity contribution in [2.75, 3.05) is 19.6 Å².